The molecule has 2 aliphatic rings. The first-order valence-corrected chi connectivity index (χ1v) is 8.46. The Morgan fingerprint density at radius 3 is 2.91 bits per heavy atom. The van der Waals surface area contributed by atoms with Gasteiger partial charge in [-0.15, -0.1) is 0 Å². The zero-order valence-corrected chi connectivity index (χ0v) is 14.2. The molecular weight excluding hydrogens is 358 g/mol. The molecule has 0 bridgehead atoms. The lowest BCUT2D eigenvalue weighted by Crippen LogP contribution is -2.49. The van der Waals surface area contributed by atoms with Crippen molar-refractivity contribution >= 4 is 27.6 Å². The number of fused-ring (bicyclic) bond motifs is 5. The maximum absolute atomic E-state index is 12.4. The summed E-state index contributed by atoms with van der Waals surface area (Å²) in [5.74, 6) is 0.588. The van der Waals surface area contributed by atoms with Crippen LogP contribution in [0.25, 0.3) is 0 Å². The Bertz CT molecular complexity index is 777. The highest BCUT2D eigenvalue weighted by atomic mass is 79.9. The Kier molecular flexibility index (Phi) is 3.53. The van der Waals surface area contributed by atoms with Crippen molar-refractivity contribution in [3.8, 4) is 5.75 Å². The van der Waals surface area contributed by atoms with Crippen molar-refractivity contribution in [3.63, 3.8) is 0 Å². The van der Waals surface area contributed by atoms with Gasteiger partial charge in [-0.3, -0.25) is 0 Å². The number of benzene rings is 2. The van der Waals surface area contributed by atoms with Crippen LogP contribution < -0.4 is 10.1 Å². The van der Waals surface area contributed by atoms with Gasteiger partial charge in [-0.1, -0.05) is 34.1 Å². The molecule has 0 amide bonds. The van der Waals surface area contributed by atoms with E-state index < -0.39 is 6.04 Å². The molecule has 2 aliphatic heterocycles. The Labute approximate surface area is 142 Å². The van der Waals surface area contributed by atoms with E-state index in [1.165, 1.54) is 0 Å². The minimum Gasteiger partial charge on any atom is -0.486 e. The monoisotopic (exact) mass is 373 g/mol. The van der Waals surface area contributed by atoms with Crippen molar-refractivity contribution in [2.75, 3.05) is 11.9 Å². The highest BCUT2D eigenvalue weighted by Gasteiger charge is 2.48. The van der Waals surface area contributed by atoms with Gasteiger partial charge in [0.1, 0.15) is 11.9 Å². The van der Waals surface area contributed by atoms with E-state index in [0.717, 1.165) is 27.0 Å². The molecule has 0 aliphatic carbocycles. The van der Waals surface area contributed by atoms with E-state index in [-0.39, 0.29) is 18.0 Å². The summed E-state index contributed by atoms with van der Waals surface area (Å²) in [5, 5.41) is 3.29. The van der Waals surface area contributed by atoms with E-state index >= 15 is 0 Å². The molecule has 0 aromatic heterocycles. The summed E-state index contributed by atoms with van der Waals surface area (Å²) < 4.78 is 12.4. The van der Waals surface area contributed by atoms with E-state index in [4.69, 9.17) is 9.47 Å². The smallest absolute Gasteiger partial charge is 0.332 e. The van der Waals surface area contributed by atoms with Crippen molar-refractivity contribution in [1.29, 1.82) is 0 Å². The lowest BCUT2D eigenvalue weighted by molar-refractivity contribution is -0.146. The van der Waals surface area contributed by atoms with Crippen LogP contribution in [0.15, 0.2) is 46.9 Å². The van der Waals surface area contributed by atoms with Crippen molar-refractivity contribution in [2.45, 2.75) is 25.0 Å². The standard InChI is InChI=1S/C18H16BrNO3/c1-2-22-18(21)16-17-15(11-5-3-4-6-14(11)23-17)12-9-10(19)7-8-13(12)20-16/h3-9,15-17,20H,2H2,1H3/t15-,16?,17-/m1/s1. The number of nitrogens with one attached hydrogen (secondary N) is 1. The Hall–Kier alpha value is -2.01. The third-order valence-corrected chi connectivity index (χ3v) is 4.87. The van der Waals surface area contributed by atoms with Crippen LogP contribution in [0.1, 0.15) is 24.0 Å². The highest BCUT2D eigenvalue weighted by molar-refractivity contribution is 9.10. The van der Waals surface area contributed by atoms with Crippen molar-refractivity contribution in [3.05, 3.63) is 58.1 Å². The fourth-order valence-electron chi connectivity index (χ4n) is 3.44. The number of rotatable bonds is 2. The first-order valence-electron chi connectivity index (χ1n) is 7.67. The molecule has 0 radical (unpaired) electrons. The average molecular weight is 374 g/mol. The van der Waals surface area contributed by atoms with Crippen LogP contribution in [0.2, 0.25) is 0 Å². The number of hydrogen-bond acceptors (Lipinski definition) is 4. The Morgan fingerprint density at radius 2 is 2.09 bits per heavy atom. The normalized spacial score (nSPS) is 23.8. The van der Waals surface area contributed by atoms with Gasteiger partial charge in [-0.2, -0.15) is 0 Å². The van der Waals surface area contributed by atoms with E-state index in [0.29, 0.717) is 6.61 Å². The number of anilines is 1. The average Bonchev–Trinajstić information content (AvgIpc) is 2.94. The Morgan fingerprint density at radius 1 is 1.26 bits per heavy atom. The van der Waals surface area contributed by atoms with Gasteiger partial charge in [0.05, 0.1) is 12.5 Å². The van der Waals surface area contributed by atoms with Gasteiger partial charge in [0, 0.05) is 15.7 Å². The summed E-state index contributed by atoms with van der Waals surface area (Å²) in [6, 6.07) is 13.5. The molecule has 2 aromatic carbocycles. The number of carbonyl (C=O) groups excluding carboxylic acids is 1. The fourth-order valence-corrected chi connectivity index (χ4v) is 3.82. The van der Waals surface area contributed by atoms with Crippen LogP contribution >= 0.6 is 15.9 Å². The largest absolute Gasteiger partial charge is 0.486 e. The number of halogens is 1. The first-order chi connectivity index (χ1) is 11.2. The summed E-state index contributed by atoms with van der Waals surface area (Å²) in [6.07, 6.45) is -0.298. The maximum Gasteiger partial charge on any atom is 0.332 e. The van der Waals surface area contributed by atoms with Crippen molar-refractivity contribution < 1.29 is 14.3 Å². The van der Waals surface area contributed by atoms with Crippen molar-refractivity contribution in [2.24, 2.45) is 0 Å². The molecule has 0 saturated carbocycles. The lowest BCUT2D eigenvalue weighted by Gasteiger charge is -2.34. The molecule has 0 saturated heterocycles. The lowest BCUT2D eigenvalue weighted by atomic mass is 9.81. The summed E-state index contributed by atoms with van der Waals surface area (Å²) in [4.78, 5) is 12.4. The molecule has 118 valence electrons. The van der Waals surface area contributed by atoms with Crippen LogP contribution in [-0.2, 0) is 9.53 Å². The zero-order chi connectivity index (χ0) is 16.0. The van der Waals surface area contributed by atoms with Crippen LogP contribution in [0.5, 0.6) is 5.75 Å². The first kappa shape index (κ1) is 14.6. The minimum absolute atomic E-state index is 0.0226. The van der Waals surface area contributed by atoms with Gasteiger partial charge in [-0.05, 0) is 36.8 Å². The number of para-hydroxylation sites is 1. The van der Waals surface area contributed by atoms with Gasteiger partial charge in [0.2, 0.25) is 0 Å². The van der Waals surface area contributed by atoms with Gasteiger partial charge in [-0.25, -0.2) is 4.79 Å². The molecule has 1 N–H and O–H groups in total. The van der Waals surface area contributed by atoms with E-state index in [1.807, 2.05) is 37.3 Å². The quantitative estimate of drug-likeness (QED) is 0.815. The van der Waals surface area contributed by atoms with E-state index in [9.17, 15) is 4.79 Å². The molecular formula is C18H16BrNO3. The maximum atomic E-state index is 12.4. The summed E-state index contributed by atoms with van der Waals surface area (Å²) in [7, 11) is 0. The topological polar surface area (TPSA) is 47.6 Å². The molecule has 1 unspecified atom stereocenters. The second-order valence-corrected chi connectivity index (χ2v) is 6.62. The molecule has 4 rings (SSSR count). The minimum atomic E-state index is -0.513. The molecule has 0 spiro atoms. The second kappa shape index (κ2) is 5.57. The van der Waals surface area contributed by atoms with Crippen molar-refractivity contribution in [1.82, 2.24) is 0 Å². The van der Waals surface area contributed by atoms with E-state index in [1.54, 1.807) is 0 Å². The summed E-state index contributed by atoms with van der Waals surface area (Å²) >= 11 is 3.54. The molecule has 4 nitrogen and oxygen atoms in total. The third-order valence-electron chi connectivity index (χ3n) is 4.37. The molecule has 2 aromatic rings. The zero-order valence-electron chi connectivity index (χ0n) is 12.6. The highest BCUT2D eigenvalue weighted by Crippen LogP contribution is 2.49. The van der Waals surface area contributed by atoms with Crippen LogP contribution in [0.4, 0.5) is 5.69 Å². The van der Waals surface area contributed by atoms with Crippen LogP contribution in [0, 0.1) is 0 Å². The van der Waals surface area contributed by atoms with Gasteiger partial charge >= 0.3 is 5.97 Å². The molecule has 23 heavy (non-hydrogen) atoms. The van der Waals surface area contributed by atoms with Crippen LogP contribution in [0.3, 0.4) is 0 Å². The molecule has 3 atom stereocenters. The summed E-state index contributed by atoms with van der Waals surface area (Å²) in [6.45, 7) is 2.17. The molecule has 2 heterocycles. The number of carbonyl (C=O) groups is 1. The molecule has 0 fully saturated rings. The van der Waals surface area contributed by atoms with Gasteiger partial charge < -0.3 is 14.8 Å². The number of hydrogen-bond donors (Lipinski definition) is 1. The molecule has 5 heteroatoms. The fraction of sp³-hybridized carbons (Fsp3) is 0.278. The predicted octanol–water partition coefficient (Wildman–Crippen LogP) is 3.70. The number of esters is 1. The third kappa shape index (κ3) is 2.30. The van der Waals surface area contributed by atoms with Gasteiger partial charge in [0.15, 0.2) is 6.04 Å². The Balaban J connectivity index is 1.84. The summed E-state index contributed by atoms with van der Waals surface area (Å²) in [5.41, 5.74) is 3.20. The second-order valence-electron chi connectivity index (χ2n) is 5.70. The van der Waals surface area contributed by atoms with Gasteiger partial charge in [0.25, 0.3) is 0 Å². The SMILES string of the molecule is CCOC(=O)C1Nc2ccc(Br)cc2[C@H]2c3ccccc3O[C@@H]12. The van der Waals surface area contributed by atoms with E-state index in [2.05, 4.69) is 33.4 Å². The number of ether oxygens (including phenoxy) is 2. The van der Waals surface area contributed by atoms with Crippen LogP contribution in [-0.4, -0.2) is 24.7 Å². The predicted molar refractivity (Wildman–Crippen MR) is 90.9 cm³/mol.